The molecule has 0 aromatic carbocycles. The largest absolute Gasteiger partial charge is 0.350 e. The van der Waals surface area contributed by atoms with E-state index in [0.29, 0.717) is 13.1 Å². The summed E-state index contributed by atoms with van der Waals surface area (Å²) in [7, 11) is 0. The minimum Gasteiger partial charge on any atom is -0.350 e. The number of hydrogen-bond acceptors (Lipinski definition) is 3. The summed E-state index contributed by atoms with van der Waals surface area (Å²) in [6.07, 6.45) is 7.99. The second-order valence-electron chi connectivity index (χ2n) is 4.52. The monoisotopic (exact) mass is 261 g/mol. The maximum atomic E-state index is 11.9. The third-order valence-electron chi connectivity index (χ3n) is 2.86. The zero-order valence-corrected chi connectivity index (χ0v) is 11.3. The van der Waals surface area contributed by atoms with Crippen LogP contribution in [0.2, 0.25) is 0 Å². The van der Waals surface area contributed by atoms with E-state index in [0.717, 1.165) is 12.2 Å². The predicted molar refractivity (Wildman–Crippen MR) is 71.4 cm³/mol. The van der Waals surface area contributed by atoms with Crippen molar-refractivity contribution in [2.24, 2.45) is 0 Å². The first-order chi connectivity index (χ1) is 9.19. The first-order valence-electron chi connectivity index (χ1n) is 6.46. The Morgan fingerprint density at radius 2 is 2.26 bits per heavy atom. The first-order valence-corrected chi connectivity index (χ1v) is 6.46. The van der Waals surface area contributed by atoms with E-state index in [2.05, 4.69) is 15.4 Å². The molecule has 0 unspecified atom stereocenters. The zero-order chi connectivity index (χ0) is 13.7. The highest BCUT2D eigenvalue weighted by Crippen LogP contribution is 1.98. The molecule has 0 radical (unpaired) electrons. The second-order valence-corrected chi connectivity index (χ2v) is 4.52. The number of aromatic nitrogens is 4. The Bertz CT molecular complexity index is 517. The van der Waals surface area contributed by atoms with Crippen LogP contribution in [0.25, 0.3) is 0 Å². The summed E-state index contributed by atoms with van der Waals surface area (Å²) in [5.74, 6) is 0.919. The highest BCUT2D eigenvalue weighted by Gasteiger charge is 2.10. The van der Waals surface area contributed by atoms with E-state index in [1.807, 2.05) is 36.9 Å². The van der Waals surface area contributed by atoms with Gasteiger partial charge in [-0.3, -0.25) is 9.48 Å². The topological polar surface area (TPSA) is 64.7 Å². The molecule has 6 nitrogen and oxygen atoms in total. The molecule has 0 fully saturated rings. The molecule has 1 N–H and O–H groups in total. The van der Waals surface area contributed by atoms with Gasteiger partial charge < -0.3 is 9.88 Å². The van der Waals surface area contributed by atoms with E-state index >= 15 is 0 Å². The van der Waals surface area contributed by atoms with Crippen molar-refractivity contribution in [3.63, 3.8) is 0 Å². The van der Waals surface area contributed by atoms with Gasteiger partial charge in [-0.15, -0.1) is 0 Å². The molecule has 0 aliphatic carbocycles. The number of carbonyl (C=O) groups excluding carboxylic acids is 1. The molecule has 0 bridgehead atoms. The summed E-state index contributed by atoms with van der Waals surface area (Å²) in [6.45, 7) is 4.97. The number of aryl methyl sites for hydroxylation is 1. The van der Waals surface area contributed by atoms with E-state index in [-0.39, 0.29) is 11.9 Å². The van der Waals surface area contributed by atoms with Crippen LogP contribution >= 0.6 is 0 Å². The Labute approximate surface area is 112 Å². The minimum atomic E-state index is -0.00708. The second kappa shape index (κ2) is 6.17. The van der Waals surface area contributed by atoms with E-state index in [4.69, 9.17) is 0 Å². The SMILES string of the molecule is CCc1nccn1CC(=O)N[C@@H](C)Cn1cccn1. The molecular formula is C13H19N5O. The summed E-state index contributed by atoms with van der Waals surface area (Å²) in [5, 5.41) is 7.08. The van der Waals surface area contributed by atoms with Crippen LogP contribution in [0.15, 0.2) is 30.9 Å². The maximum absolute atomic E-state index is 11.9. The van der Waals surface area contributed by atoms with Crippen molar-refractivity contribution < 1.29 is 4.79 Å². The summed E-state index contributed by atoms with van der Waals surface area (Å²) in [6, 6.07) is 1.91. The van der Waals surface area contributed by atoms with Gasteiger partial charge in [-0.2, -0.15) is 5.10 Å². The molecule has 1 amide bonds. The van der Waals surface area contributed by atoms with Gasteiger partial charge >= 0.3 is 0 Å². The zero-order valence-electron chi connectivity index (χ0n) is 11.3. The molecule has 0 saturated heterocycles. The number of amides is 1. The number of nitrogens with one attached hydrogen (secondary N) is 1. The number of imidazole rings is 1. The first kappa shape index (κ1) is 13.3. The van der Waals surface area contributed by atoms with Gasteiger partial charge in [-0.1, -0.05) is 6.92 Å². The number of rotatable bonds is 6. The molecule has 2 aromatic heterocycles. The van der Waals surface area contributed by atoms with Gasteiger partial charge in [0.25, 0.3) is 0 Å². The number of nitrogens with zero attached hydrogens (tertiary/aromatic N) is 4. The van der Waals surface area contributed by atoms with Gasteiger partial charge in [-0.05, 0) is 13.0 Å². The molecule has 2 rings (SSSR count). The third kappa shape index (κ3) is 3.67. The molecule has 102 valence electrons. The normalized spacial score (nSPS) is 12.3. The van der Waals surface area contributed by atoms with Gasteiger partial charge in [0.1, 0.15) is 12.4 Å². The van der Waals surface area contributed by atoms with Gasteiger partial charge in [0.15, 0.2) is 0 Å². The fourth-order valence-electron chi connectivity index (χ4n) is 2.01. The van der Waals surface area contributed by atoms with Gasteiger partial charge in [0.05, 0.1) is 6.54 Å². The summed E-state index contributed by atoms with van der Waals surface area (Å²) < 4.78 is 3.68. The van der Waals surface area contributed by atoms with E-state index in [1.165, 1.54) is 0 Å². The summed E-state index contributed by atoms with van der Waals surface area (Å²) in [4.78, 5) is 16.1. The molecule has 0 spiro atoms. The Hall–Kier alpha value is -2.11. The Balaban J connectivity index is 1.84. The molecule has 1 atom stereocenters. The van der Waals surface area contributed by atoms with Crippen molar-refractivity contribution in [3.8, 4) is 0 Å². The molecule has 0 aliphatic heterocycles. The smallest absolute Gasteiger partial charge is 0.240 e. The van der Waals surface area contributed by atoms with Gasteiger partial charge in [-0.25, -0.2) is 4.98 Å². The fourth-order valence-corrected chi connectivity index (χ4v) is 2.01. The average molecular weight is 261 g/mol. The van der Waals surface area contributed by atoms with Crippen molar-refractivity contribution in [2.75, 3.05) is 0 Å². The molecule has 0 saturated carbocycles. The van der Waals surface area contributed by atoms with Gasteiger partial charge in [0, 0.05) is 37.3 Å². The van der Waals surface area contributed by atoms with Crippen LogP contribution in [0.5, 0.6) is 0 Å². The van der Waals surface area contributed by atoms with Crippen molar-refractivity contribution in [1.82, 2.24) is 24.6 Å². The lowest BCUT2D eigenvalue weighted by Gasteiger charge is -2.14. The van der Waals surface area contributed by atoms with E-state index in [1.54, 1.807) is 17.1 Å². The van der Waals surface area contributed by atoms with Crippen LogP contribution in [0, 0.1) is 0 Å². The third-order valence-corrected chi connectivity index (χ3v) is 2.86. The molecule has 0 aliphatic rings. The van der Waals surface area contributed by atoms with Crippen molar-refractivity contribution in [2.45, 2.75) is 39.4 Å². The Morgan fingerprint density at radius 1 is 1.42 bits per heavy atom. The standard InChI is InChI=1S/C13H19N5O/c1-3-12-14-6-8-17(12)10-13(19)16-11(2)9-18-7-4-5-15-18/h4-8,11H,3,9-10H2,1-2H3,(H,16,19)/t11-/m0/s1. The lowest BCUT2D eigenvalue weighted by Crippen LogP contribution is -2.38. The lowest BCUT2D eigenvalue weighted by atomic mass is 10.3. The van der Waals surface area contributed by atoms with E-state index < -0.39 is 0 Å². The fraction of sp³-hybridized carbons (Fsp3) is 0.462. The number of carbonyl (C=O) groups is 1. The average Bonchev–Trinajstić information content (AvgIpc) is 2.99. The molecule has 2 heterocycles. The van der Waals surface area contributed by atoms with Crippen LogP contribution in [0.3, 0.4) is 0 Å². The van der Waals surface area contributed by atoms with Gasteiger partial charge in [0.2, 0.25) is 5.91 Å². The maximum Gasteiger partial charge on any atom is 0.240 e. The van der Waals surface area contributed by atoms with Crippen LogP contribution in [0.4, 0.5) is 0 Å². The van der Waals surface area contributed by atoms with Crippen molar-refractivity contribution >= 4 is 5.91 Å². The molecule has 6 heteroatoms. The van der Waals surface area contributed by atoms with E-state index in [9.17, 15) is 4.79 Å². The molecule has 19 heavy (non-hydrogen) atoms. The summed E-state index contributed by atoms with van der Waals surface area (Å²) in [5.41, 5.74) is 0. The quantitative estimate of drug-likeness (QED) is 0.838. The molecular weight excluding hydrogens is 242 g/mol. The van der Waals surface area contributed by atoms with Crippen LogP contribution in [0.1, 0.15) is 19.7 Å². The van der Waals surface area contributed by atoms with Crippen LogP contribution in [-0.2, 0) is 24.3 Å². The minimum absolute atomic E-state index is 0.00708. The number of hydrogen-bond donors (Lipinski definition) is 1. The Kier molecular flexibility index (Phi) is 4.33. The molecule has 2 aromatic rings. The lowest BCUT2D eigenvalue weighted by molar-refractivity contribution is -0.122. The highest BCUT2D eigenvalue weighted by molar-refractivity contribution is 5.76. The van der Waals surface area contributed by atoms with Crippen molar-refractivity contribution in [3.05, 3.63) is 36.7 Å². The predicted octanol–water partition coefficient (Wildman–Crippen LogP) is 0.847. The van der Waals surface area contributed by atoms with Crippen LogP contribution < -0.4 is 5.32 Å². The highest BCUT2D eigenvalue weighted by atomic mass is 16.2. The Morgan fingerprint density at radius 3 is 2.95 bits per heavy atom. The summed E-state index contributed by atoms with van der Waals surface area (Å²) >= 11 is 0. The van der Waals surface area contributed by atoms with Crippen molar-refractivity contribution in [1.29, 1.82) is 0 Å². The van der Waals surface area contributed by atoms with Crippen LogP contribution in [-0.4, -0.2) is 31.3 Å².